The monoisotopic (exact) mass is 228 g/mol. The van der Waals surface area contributed by atoms with Gasteiger partial charge in [-0.15, -0.1) is 0 Å². The zero-order valence-corrected chi connectivity index (χ0v) is 9.38. The normalized spacial score (nSPS) is 10.6. The van der Waals surface area contributed by atoms with Crippen molar-refractivity contribution in [2.75, 3.05) is 7.11 Å². The fourth-order valence-electron chi connectivity index (χ4n) is 1.56. The number of ether oxygens (including phenoxy) is 1. The summed E-state index contributed by atoms with van der Waals surface area (Å²) in [5, 5.41) is 6.04. The van der Waals surface area contributed by atoms with E-state index >= 15 is 0 Å². The molecule has 0 radical (unpaired) electrons. The number of carbonyl (C=O) groups excluding carboxylic acids is 1. The van der Waals surface area contributed by atoms with E-state index in [9.17, 15) is 4.79 Å². The quantitative estimate of drug-likeness (QED) is 0.634. The van der Waals surface area contributed by atoms with E-state index in [1.54, 1.807) is 6.21 Å². The van der Waals surface area contributed by atoms with Crippen LogP contribution in [0, 0.1) is 0 Å². The van der Waals surface area contributed by atoms with Crippen LogP contribution in [0.3, 0.4) is 0 Å². The molecule has 0 aliphatic heterocycles. The Kier molecular flexibility index (Phi) is 3.35. The highest BCUT2D eigenvalue weighted by molar-refractivity contribution is 5.99. The molecule has 2 aromatic carbocycles. The summed E-state index contributed by atoms with van der Waals surface area (Å²) in [5.74, 6) is 0. The highest BCUT2D eigenvalue weighted by Gasteiger charge is 1.97. The molecular formula is C13H12N2O2. The molecule has 17 heavy (non-hydrogen) atoms. The van der Waals surface area contributed by atoms with Crippen molar-refractivity contribution in [2.45, 2.75) is 0 Å². The van der Waals surface area contributed by atoms with Gasteiger partial charge >= 0.3 is 6.09 Å². The van der Waals surface area contributed by atoms with Crippen LogP contribution < -0.4 is 5.43 Å². The van der Waals surface area contributed by atoms with Gasteiger partial charge in [0.25, 0.3) is 0 Å². The second-order valence-corrected chi connectivity index (χ2v) is 3.43. The Labute approximate surface area is 98.9 Å². The van der Waals surface area contributed by atoms with Crippen LogP contribution in [0.25, 0.3) is 10.8 Å². The van der Waals surface area contributed by atoms with E-state index < -0.39 is 6.09 Å². The molecule has 0 atom stereocenters. The third-order valence-corrected chi connectivity index (χ3v) is 2.37. The Bertz CT molecular complexity index is 559. The van der Waals surface area contributed by atoms with Gasteiger partial charge in [0.2, 0.25) is 0 Å². The molecule has 4 nitrogen and oxygen atoms in total. The van der Waals surface area contributed by atoms with Crippen LogP contribution in [0.2, 0.25) is 0 Å². The average Bonchev–Trinajstić information content (AvgIpc) is 2.39. The van der Waals surface area contributed by atoms with Gasteiger partial charge in [-0.1, -0.05) is 42.5 Å². The minimum absolute atomic E-state index is 0.582. The summed E-state index contributed by atoms with van der Waals surface area (Å²) in [4.78, 5) is 10.8. The van der Waals surface area contributed by atoms with E-state index in [4.69, 9.17) is 0 Å². The van der Waals surface area contributed by atoms with E-state index in [1.165, 1.54) is 7.11 Å². The summed E-state index contributed by atoms with van der Waals surface area (Å²) in [6, 6.07) is 13.9. The van der Waals surface area contributed by atoms with E-state index in [0.717, 1.165) is 16.3 Å². The highest BCUT2D eigenvalue weighted by Crippen LogP contribution is 2.16. The van der Waals surface area contributed by atoms with E-state index in [0.29, 0.717) is 0 Å². The molecule has 2 aromatic rings. The summed E-state index contributed by atoms with van der Waals surface area (Å²) in [6.07, 6.45) is 1.01. The van der Waals surface area contributed by atoms with E-state index in [1.807, 2.05) is 42.5 Å². The number of rotatable bonds is 2. The van der Waals surface area contributed by atoms with Crippen LogP contribution in [0.15, 0.2) is 47.6 Å². The molecule has 0 unspecified atom stereocenters. The van der Waals surface area contributed by atoms with Crippen LogP contribution >= 0.6 is 0 Å². The van der Waals surface area contributed by atoms with Gasteiger partial charge in [-0.3, -0.25) is 0 Å². The van der Waals surface area contributed by atoms with Crippen LogP contribution in [0.1, 0.15) is 5.56 Å². The maximum atomic E-state index is 10.8. The SMILES string of the molecule is COC(=O)NN=Cc1cccc2ccccc12. The molecule has 0 fully saturated rings. The van der Waals surface area contributed by atoms with Crippen molar-refractivity contribution in [1.29, 1.82) is 0 Å². The number of fused-ring (bicyclic) bond motifs is 1. The number of nitrogens with one attached hydrogen (secondary N) is 1. The number of methoxy groups -OCH3 is 1. The molecule has 2 rings (SSSR count). The molecule has 0 aliphatic carbocycles. The lowest BCUT2D eigenvalue weighted by atomic mass is 10.1. The van der Waals surface area contributed by atoms with Gasteiger partial charge in [0, 0.05) is 5.56 Å². The largest absolute Gasteiger partial charge is 0.452 e. The van der Waals surface area contributed by atoms with Gasteiger partial charge in [0.1, 0.15) is 0 Å². The van der Waals surface area contributed by atoms with Crippen LogP contribution in [0.4, 0.5) is 4.79 Å². The fourth-order valence-corrected chi connectivity index (χ4v) is 1.56. The first-order chi connectivity index (χ1) is 8.31. The molecule has 0 heterocycles. The topological polar surface area (TPSA) is 50.7 Å². The van der Waals surface area contributed by atoms with Crippen LogP contribution in [-0.2, 0) is 4.74 Å². The second kappa shape index (κ2) is 5.12. The van der Waals surface area contributed by atoms with Crippen molar-refractivity contribution in [2.24, 2.45) is 5.10 Å². The minimum atomic E-state index is -0.582. The number of carbonyl (C=O) groups is 1. The summed E-state index contributed by atoms with van der Waals surface area (Å²) in [6.45, 7) is 0. The predicted molar refractivity (Wildman–Crippen MR) is 67.1 cm³/mol. The smallest absolute Gasteiger partial charge is 0.427 e. The lowest BCUT2D eigenvalue weighted by molar-refractivity contribution is 0.171. The maximum absolute atomic E-state index is 10.8. The van der Waals surface area contributed by atoms with Crippen molar-refractivity contribution in [3.8, 4) is 0 Å². The zero-order chi connectivity index (χ0) is 12.1. The Morgan fingerprint density at radius 1 is 1.24 bits per heavy atom. The molecule has 0 aromatic heterocycles. The first-order valence-corrected chi connectivity index (χ1v) is 5.16. The van der Waals surface area contributed by atoms with Gasteiger partial charge in [-0.25, -0.2) is 10.2 Å². The summed E-state index contributed by atoms with van der Waals surface area (Å²) >= 11 is 0. The van der Waals surface area contributed by atoms with Crippen LogP contribution in [-0.4, -0.2) is 19.4 Å². The number of nitrogens with zero attached hydrogens (tertiary/aromatic N) is 1. The molecule has 0 saturated carbocycles. The molecule has 0 aliphatic rings. The third kappa shape index (κ3) is 2.60. The number of benzene rings is 2. The average molecular weight is 228 g/mol. The van der Waals surface area contributed by atoms with E-state index in [2.05, 4.69) is 15.3 Å². The molecular weight excluding hydrogens is 216 g/mol. The molecule has 86 valence electrons. The van der Waals surface area contributed by atoms with Gasteiger partial charge in [-0.05, 0) is 10.8 Å². The number of hydrazone groups is 1. The Morgan fingerprint density at radius 2 is 2.00 bits per heavy atom. The molecule has 0 saturated heterocycles. The molecule has 0 spiro atoms. The maximum Gasteiger partial charge on any atom is 0.427 e. The summed E-state index contributed by atoms with van der Waals surface area (Å²) in [5.41, 5.74) is 3.20. The Hall–Kier alpha value is -2.36. The summed E-state index contributed by atoms with van der Waals surface area (Å²) < 4.78 is 4.41. The first kappa shape index (κ1) is 11.1. The Balaban J connectivity index is 2.27. The van der Waals surface area contributed by atoms with Gasteiger partial charge in [-0.2, -0.15) is 5.10 Å². The van der Waals surface area contributed by atoms with Crippen molar-refractivity contribution < 1.29 is 9.53 Å². The van der Waals surface area contributed by atoms with Gasteiger partial charge in [0.15, 0.2) is 0 Å². The number of amides is 1. The van der Waals surface area contributed by atoms with Gasteiger partial charge < -0.3 is 4.74 Å². The van der Waals surface area contributed by atoms with Crippen molar-refractivity contribution >= 4 is 23.1 Å². The highest BCUT2D eigenvalue weighted by atomic mass is 16.5. The summed E-state index contributed by atoms with van der Waals surface area (Å²) in [7, 11) is 1.29. The minimum Gasteiger partial charge on any atom is -0.452 e. The van der Waals surface area contributed by atoms with E-state index in [-0.39, 0.29) is 0 Å². The number of hydrogen-bond acceptors (Lipinski definition) is 3. The van der Waals surface area contributed by atoms with Crippen LogP contribution in [0.5, 0.6) is 0 Å². The standard InChI is InChI=1S/C13H12N2O2/c1-17-13(16)15-14-9-11-7-4-6-10-5-2-3-8-12(10)11/h2-9H,1H3,(H,15,16). The molecule has 0 bridgehead atoms. The van der Waals surface area contributed by atoms with Crippen molar-refractivity contribution in [1.82, 2.24) is 5.43 Å². The lowest BCUT2D eigenvalue weighted by Crippen LogP contribution is -2.16. The third-order valence-electron chi connectivity index (χ3n) is 2.37. The predicted octanol–water partition coefficient (Wildman–Crippen LogP) is 2.53. The molecule has 4 heteroatoms. The molecule has 1 N–H and O–H groups in total. The number of hydrogen-bond donors (Lipinski definition) is 1. The molecule has 1 amide bonds. The second-order valence-electron chi connectivity index (χ2n) is 3.43. The first-order valence-electron chi connectivity index (χ1n) is 5.16. The Morgan fingerprint density at radius 3 is 2.82 bits per heavy atom. The zero-order valence-electron chi connectivity index (χ0n) is 9.38. The van der Waals surface area contributed by atoms with Crippen molar-refractivity contribution in [3.05, 3.63) is 48.0 Å². The van der Waals surface area contributed by atoms with Crippen molar-refractivity contribution in [3.63, 3.8) is 0 Å². The van der Waals surface area contributed by atoms with Gasteiger partial charge in [0.05, 0.1) is 13.3 Å². The lowest BCUT2D eigenvalue weighted by Gasteiger charge is -2.01. The fraction of sp³-hybridized carbons (Fsp3) is 0.0769.